The van der Waals surface area contributed by atoms with Crippen LogP contribution in [0.4, 0.5) is 4.39 Å². The van der Waals surface area contributed by atoms with Gasteiger partial charge in [-0.05, 0) is 30.0 Å². The summed E-state index contributed by atoms with van der Waals surface area (Å²) in [5.41, 5.74) is 6.63. The standard InChI is InChI=1S/C12H18FNO/c1-8(2)7-11(15)12(14)9-3-5-10(13)6-4-9/h3-6,8,11-12,15H,7,14H2,1-2H3/t11-,12+/m0/s1. The van der Waals surface area contributed by atoms with Gasteiger partial charge in [-0.1, -0.05) is 26.0 Å². The molecule has 1 aromatic carbocycles. The minimum Gasteiger partial charge on any atom is -0.391 e. The maximum atomic E-state index is 12.7. The minimum absolute atomic E-state index is 0.288. The molecule has 1 rings (SSSR count). The summed E-state index contributed by atoms with van der Waals surface area (Å²) in [7, 11) is 0. The van der Waals surface area contributed by atoms with Crippen LogP contribution in [-0.4, -0.2) is 11.2 Å². The first kappa shape index (κ1) is 12.1. The van der Waals surface area contributed by atoms with Crippen molar-refractivity contribution in [1.82, 2.24) is 0 Å². The average Bonchev–Trinajstić information content (AvgIpc) is 2.17. The Balaban J connectivity index is 2.67. The van der Waals surface area contributed by atoms with Crippen molar-refractivity contribution >= 4 is 0 Å². The van der Waals surface area contributed by atoms with E-state index in [0.29, 0.717) is 12.3 Å². The maximum absolute atomic E-state index is 12.7. The van der Waals surface area contributed by atoms with Crippen molar-refractivity contribution in [3.63, 3.8) is 0 Å². The molecule has 15 heavy (non-hydrogen) atoms. The lowest BCUT2D eigenvalue weighted by atomic mass is 9.95. The lowest BCUT2D eigenvalue weighted by molar-refractivity contribution is 0.121. The fourth-order valence-electron chi connectivity index (χ4n) is 1.54. The van der Waals surface area contributed by atoms with E-state index in [4.69, 9.17) is 5.73 Å². The van der Waals surface area contributed by atoms with E-state index in [1.807, 2.05) is 13.8 Å². The van der Waals surface area contributed by atoms with Crippen molar-refractivity contribution in [3.8, 4) is 0 Å². The Bertz CT molecular complexity index is 297. The van der Waals surface area contributed by atoms with E-state index < -0.39 is 12.1 Å². The number of halogens is 1. The second-order valence-electron chi connectivity index (χ2n) is 4.27. The van der Waals surface area contributed by atoms with Crippen molar-refractivity contribution in [3.05, 3.63) is 35.6 Å². The largest absolute Gasteiger partial charge is 0.391 e. The van der Waals surface area contributed by atoms with E-state index >= 15 is 0 Å². The molecular formula is C12H18FNO. The van der Waals surface area contributed by atoms with Gasteiger partial charge in [0.2, 0.25) is 0 Å². The summed E-state index contributed by atoms with van der Waals surface area (Å²) in [6, 6.07) is 5.51. The molecule has 0 fully saturated rings. The highest BCUT2D eigenvalue weighted by Gasteiger charge is 2.17. The predicted molar refractivity (Wildman–Crippen MR) is 58.8 cm³/mol. The highest BCUT2D eigenvalue weighted by Crippen LogP contribution is 2.19. The van der Waals surface area contributed by atoms with Gasteiger partial charge < -0.3 is 10.8 Å². The van der Waals surface area contributed by atoms with Crippen molar-refractivity contribution < 1.29 is 9.50 Å². The fraction of sp³-hybridized carbons (Fsp3) is 0.500. The van der Waals surface area contributed by atoms with Crippen LogP contribution >= 0.6 is 0 Å². The van der Waals surface area contributed by atoms with Gasteiger partial charge in [0.15, 0.2) is 0 Å². The number of nitrogens with two attached hydrogens (primary N) is 1. The summed E-state index contributed by atoms with van der Waals surface area (Å²) in [5, 5.41) is 9.79. The van der Waals surface area contributed by atoms with E-state index in [1.165, 1.54) is 12.1 Å². The Morgan fingerprint density at radius 1 is 1.27 bits per heavy atom. The quantitative estimate of drug-likeness (QED) is 0.802. The molecule has 0 aromatic heterocycles. The van der Waals surface area contributed by atoms with Crippen LogP contribution in [0.25, 0.3) is 0 Å². The molecule has 0 radical (unpaired) electrons. The summed E-state index contributed by atoms with van der Waals surface area (Å²) in [6.45, 7) is 4.06. The summed E-state index contributed by atoms with van der Waals surface area (Å²) in [5.74, 6) is 0.107. The SMILES string of the molecule is CC(C)C[C@H](O)[C@H](N)c1ccc(F)cc1. The molecule has 0 heterocycles. The Labute approximate surface area is 89.9 Å². The van der Waals surface area contributed by atoms with Crippen molar-refractivity contribution in [2.24, 2.45) is 11.7 Å². The van der Waals surface area contributed by atoms with Crippen LogP contribution in [0, 0.1) is 11.7 Å². The molecule has 0 saturated heterocycles. The second-order valence-corrected chi connectivity index (χ2v) is 4.27. The third-order valence-electron chi connectivity index (χ3n) is 2.38. The topological polar surface area (TPSA) is 46.2 Å². The van der Waals surface area contributed by atoms with Gasteiger partial charge in [0.05, 0.1) is 12.1 Å². The first-order valence-electron chi connectivity index (χ1n) is 5.20. The smallest absolute Gasteiger partial charge is 0.123 e. The van der Waals surface area contributed by atoms with Gasteiger partial charge >= 0.3 is 0 Å². The molecule has 0 amide bonds. The molecular weight excluding hydrogens is 193 g/mol. The van der Waals surface area contributed by atoms with E-state index in [2.05, 4.69) is 0 Å². The molecule has 0 aliphatic heterocycles. The van der Waals surface area contributed by atoms with Gasteiger partial charge in [-0.15, -0.1) is 0 Å². The number of rotatable bonds is 4. The molecule has 2 nitrogen and oxygen atoms in total. The number of aliphatic hydroxyl groups is 1. The Morgan fingerprint density at radius 2 is 1.80 bits per heavy atom. The number of aliphatic hydroxyl groups excluding tert-OH is 1. The van der Waals surface area contributed by atoms with Crippen LogP contribution in [0.5, 0.6) is 0 Å². The molecule has 2 atom stereocenters. The van der Waals surface area contributed by atoms with Crippen molar-refractivity contribution in [1.29, 1.82) is 0 Å². The summed E-state index contributed by atoms with van der Waals surface area (Å²) < 4.78 is 12.7. The summed E-state index contributed by atoms with van der Waals surface area (Å²) >= 11 is 0. The van der Waals surface area contributed by atoms with Crippen LogP contribution in [-0.2, 0) is 0 Å². The van der Waals surface area contributed by atoms with Gasteiger partial charge in [-0.3, -0.25) is 0 Å². The first-order valence-corrected chi connectivity index (χ1v) is 5.20. The van der Waals surface area contributed by atoms with Gasteiger partial charge in [-0.2, -0.15) is 0 Å². The monoisotopic (exact) mass is 211 g/mol. The van der Waals surface area contributed by atoms with Gasteiger partial charge in [0, 0.05) is 0 Å². The van der Waals surface area contributed by atoms with Crippen LogP contribution < -0.4 is 5.73 Å². The molecule has 0 unspecified atom stereocenters. The summed E-state index contributed by atoms with van der Waals surface area (Å²) in [4.78, 5) is 0. The van der Waals surface area contributed by atoms with Crippen LogP contribution in [0.2, 0.25) is 0 Å². The predicted octanol–water partition coefficient (Wildman–Crippen LogP) is 2.23. The fourth-order valence-corrected chi connectivity index (χ4v) is 1.54. The molecule has 0 saturated carbocycles. The van der Waals surface area contributed by atoms with E-state index in [0.717, 1.165) is 5.56 Å². The van der Waals surface area contributed by atoms with Gasteiger partial charge in [-0.25, -0.2) is 4.39 Å². The molecule has 84 valence electrons. The lowest BCUT2D eigenvalue weighted by Gasteiger charge is -2.20. The normalized spacial score (nSPS) is 15.3. The third-order valence-corrected chi connectivity index (χ3v) is 2.38. The molecule has 1 aromatic rings. The number of hydrogen-bond acceptors (Lipinski definition) is 2. The van der Waals surface area contributed by atoms with E-state index in [-0.39, 0.29) is 5.82 Å². The second kappa shape index (κ2) is 5.24. The molecule has 3 heteroatoms. The van der Waals surface area contributed by atoms with Crippen molar-refractivity contribution in [2.75, 3.05) is 0 Å². The van der Waals surface area contributed by atoms with Crippen LogP contribution in [0.1, 0.15) is 31.9 Å². The molecule has 0 aliphatic carbocycles. The minimum atomic E-state index is -0.574. The number of hydrogen-bond donors (Lipinski definition) is 2. The molecule has 0 aliphatic rings. The highest BCUT2D eigenvalue weighted by atomic mass is 19.1. The van der Waals surface area contributed by atoms with Gasteiger partial charge in [0.1, 0.15) is 5.82 Å². The molecule has 0 bridgehead atoms. The zero-order chi connectivity index (χ0) is 11.4. The van der Waals surface area contributed by atoms with Crippen molar-refractivity contribution in [2.45, 2.75) is 32.4 Å². The van der Waals surface area contributed by atoms with Crippen LogP contribution in [0.3, 0.4) is 0 Å². The van der Waals surface area contributed by atoms with Gasteiger partial charge in [0.25, 0.3) is 0 Å². The highest BCUT2D eigenvalue weighted by molar-refractivity contribution is 5.20. The Hall–Kier alpha value is -0.930. The Kier molecular flexibility index (Phi) is 4.24. The Morgan fingerprint density at radius 3 is 2.27 bits per heavy atom. The summed E-state index contributed by atoms with van der Waals surface area (Å²) in [6.07, 6.45) is 0.0777. The van der Waals surface area contributed by atoms with Crippen LogP contribution in [0.15, 0.2) is 24.3 Å². The third kappa shape index (κ3) is 3.61. The maximum Gasteiger partial charge on any atom is 0.123 e. The number of benzene rings is 1. The molecule has 3 N–H and O–H groups in total. The van der Waals surface area contributed by atoms with E-state index in [1.54, 1.807) is 12.1 Å². The zero-order valence-electron chi connectivity index (χ0n) is 9.15. The zero-order valence-corrected chi connectivity index (χ0v) is 9.15. The first-order chi connectivity index (χ1) is 7.00. The molecule has 0 spiro atoms. The van der Waals surface area contributed by atoms with E-state index in [9.17, 15) is 9.50 Å². The lowest BCUT2D eigenvalue weighted by Crippen LogP contribution is -2.27. The average molecular weight is 211 g/mol.